The minimum Gasteiger partial charge on any atom is -0.292 e. The first-order chi connectivity index (χ1) is 10.2. The van der Waals surface area contributed by atoms with Crippen LogP contribution in [0.15, 0.2) is 59.1 Å². The average Bonchev–Trinajstić information content (AvgIpc) is 2.97. The molecule has 0 atom stereocenters. The zero-order chi connectivity index (χ0) is 14.7. The molecule has 0 radical (unpaired) electrons. The van der Waals surface area contributed by atoms with Crippen molar-refractivity contribution in [2.75, 3.05) is 0 Å². The number of tetrazole rings is 1. The van der Waals surface area contributed by atoms with Gasteiger partial charge in [0.15, 0.2) is 11.6 Å². The van der Waals surface area contributed by atoms with Crippen LogP contribution >= 0.6 is 15.9 Å². The standard InChI is InChI=1S/C15H11BrN4O/c16-13-8-6-11(7-9-13)14(21)10-20-15(17-18-19-20)12-4-2-1-3-5-12/h1-9H,10H2. The quantitative estimate of drug-likeness (QED) is 0.684. The largest absolute Gasteiger partial charge is 0.292 e. The zero-order valence-corrected chi connectivity index (χ0v) is 12.6. The molecule has 0 fully saturated rings. The molecule has 0 unspecified atom stereocenters. The summed E-state index contributed by atoms with van der Waals surface area (Å²) in [5.41, 5.74) is 1.51. The van der Waals surface area contributed by atoms with Crippen LogP contribution in [0.4, 0.5) is 0 Å². The van der Waals surface area contributed by atoms with Gasteiger partial charge in [0.1, 0.15) is 6.54 Å². The summed E-state index contributed by atoms with van der Waals surface area (Å²) >= 11 is 3.35. The molecule has 3 aromatic rings. The van der Waals surface area contributed by atoms with Crippen molar-refractivity contribution in [3.8, 4) is 11.4 Å². The van der Waals surface area contributed by atoms with Gasteiger partial charge in [-0.15, -0.1) is 5.10 Å². The van der Waals surface area contributed by atoms with Crippen LogP contribution in [0.25, 0.3) is 11.4 Å². The second-order valence-corrected chi connectivity index (χ2v) is 5.37. The van der Waals surface area contributed by atoms with Gasteiger partial charge in [-0.3, -0.25) is 4.79 Å². The van der Waals surface area contributed by atoms with Crippen molar-refractivity contribution in [3.05, 3.63) is 64.6 Å². The van der Waals surface area contributed by atoms with Crippen molar-refractivity contribution in [2.24, 2.45) is 0 Å². The first-order valence-corrected chi connectivity index (χ1v) is 7.14. The summed E-state index contributed by atoms with van der Waals surface area (Å²) in [6.07, 6.45) is 0. The molecule has 6 heteroatoms. The molecule has 1 heterocycles. The van der Waals surface area contributed by atoms with Crippen LogP contribution in [0.1, 0.15) is 10.4 Å². The Morgan fingerprint density at radius 3 is 2.48 bits per heavy atom. The van der Waals surface area contributed by atoms with Crippen molar-refractivity contribution >= 4 is 21.7 Å². The lowest BCUT2D eigenvalue weighted by atomic mass is 10.1. The van der Waals surface area contributed by atoms with E-state index in [4.69, 9.17) is 0 Å². The first kappa shape index (κ1) is 13.6. The molecule has 0 saturated carbocycles. The third kappa shape index (κ3) is 3.05. The summed E-state index contributed by atoms with van der Waals surface area (Å²) in [4.78, 5) is 12.3. The molecule has 104 valence electrons. The van der Waals surface area contributed by atoms with Gasteiger partial charge in [-0.25, -0.2) is 4.68 Å². The molecule has 0 bridgehead atoms. The fourth-order valence-electron chi connectivity index (χ4n) is 1.97. The predicted molar refractivity (Wildman–Crippen MR) is 81.7 cm³/mol. The number of hydrogen-bond donors (Lipinski definition) is 0. The van der Waals surface area contributed by atoms with E-state index in [1.807, 2.05) is 42.5 Å². The van der Waals surface area contributed by atoms with Crippen LogP contribution in [0.3, 0.4) is 0 Å². The van der Waals surface area contributed by atoms with Gasteiger partial charge in [-0.2, -0.15) is 0 Å². The Morgan fingerprint density at radius 2 is 1.76 bits per heavy atom. The maximum atomic E-state index is 12.3. The Hall–Kier alpha value is -2.34. The second-order valence-electron chi connectivity index (χ2n) is 4.46. The van der Waals surface area contributed by atoms with Gasteiger partial charge in [0.25, 0.3) is 0 Å². The number of carbonyl (C=O) groups is 1. The molecule has 0 aliphatic carbocycles. The highest BCUT2D eigenvalue weighted by Crippen LogP contribution is 2.16. The fourth-order valence-corrected chi connectivity index (χ4v) is 2.23. The summed E-state index contributed by atoms with van der Waals surface area (Å²) in [5.74, 6) is 0.549. The minimum absolute atomic E-state index is 0.0352. The number of halogens is 1. The lowest BCUT2D eigenvalue weighted by Crippen LogP contribution is -2.13. The molecule has 0 N–H and O–H groups in total. The molecule has 0 aliphatic heterocycles. The second kappa shape index (κ2) is 5.97. The molecule has 1 aromatic heterocycles. The number of hydrogen-bond acceptors (Lipinski definition) is 4. The van der Waals surface area contributed by atoms with E-state index in [1.165, 1.54) is 4.68 Å². The topological polar surface area (TPSA) is 60.7 Å². The van der Waals surface area contributed by atoms with Gasteiger partial charge in [0.05, 0.1) is 0 Å². The van der Waals surface area contributed by atoms with Gasteiger partial charge in [0.2, 0.25) is 0 Å². The maximum absolute atomic E-state index is 12.3. The van der Waals surface area contributed by atoms with Crippen LogP contribution in [0.2, 0.25) is 0 Å². The highest BCUT2D eigenvalue weighted by molar-refractivity contribution is 9.10. The summed E-state index contributed by atoms with van der Waals surface area (Å²) in [6, 6.07) is 16.8. The lowest BCUT2D eigenvalue weighted by molar-refractivity contribution is 0.0967. The Morgan fingerprint density at radius 1 is 1.05 bits per heavy atom. The predicted octanol–water partition coefficient (Wildman–Crippen LogP) is 2.99. The molecule has 0 amide bonds. The molecular formula is C15H11BrN4O. The fraction of sp³-hybridized carbons (Fsp3) is 0.0667. The number of Topliss-reactive ketones (excluding diaryl/α,β-unsaturated/α-hetero) is 1. The average molecular weight is 343 g/mol. The molecule has 0 aliphatic rings. The van der Waals surface area contributed by atoms with E-state index in [9.17, 15) is 4.79 Å². The van der Waals surface area contributed by atoms with Crippen molar-refractivity contribution in [1.82, 2.24) is 20.2 Å². The number of rotatable bonds is 4. The molecule has 0 spiro atoms. The molecule has 0 saturated heterocycles. The van der Waals surface area contributed by atoms with Gasteiger partial charge in [-0.1, -0.05) is 58.4 Å². The highest BCUT2D eigenvalue weighted by atomic mass is 79.9. The van der Waals surface area contributed by atoms with Crippen LogP contribution < -0.4 is 0 Å². The van der Waals surface area contributed by atoms with Crippen LogP contribution in [0, 0.1) is 0 Å². The number of nitrogens with zero attached hydrogens (tertiary/aromatic N) is 4. The summed E-state index contributed by atoms with van der Waals surface area (Å²) in [5, 5.41) is 11.6. The molecule has 3 rings (SSSR count). The number of carbonyl (C=O) groups excluding carboxylic acids is 1. The Kier molecular flexibility index (Phi) is 3.87. The monoisotopic (exact) mass is 342 g/mol. The SMILES string of the molecule is O=C(Cn1nnnc1-c1ccccc1)c1ccc(Br)cc1. The summed E-state index contributed by atoms with van der Waals surface area (Å²) < 4.78 is 2.45. The number of aromatic nitrogens is 4. The summed E-state index contributed by atoms with van der Waals surface area (Å²) in [6.45, 7) is 0.110. The molecule has 5 nitrogen and oxygen atoms in total. The van der Waals surface area contributed by atoms with Gasteiger partial charge >= 0.3 is 0 Å². The maximum Gasteiger partial charge on any atom is 0.184 e. The van der Waals surface area contributed by atoms with E-state index >= 15 is 0 Å². The molecule has 2 aromatic carbocycles. The van der Waals surface area contributed by atoms with Gasteiger partial charge in [-0.05, 0) is 22.6 Å². The van der Waals surface area contributed by atoms with E-state index in [0.29, 0.717) is 11.4 Å². The minimum atomic E-state index is -0.0352. The van der Waals surface area contributed by atoms with E-state index in [-0.39, 0.29) is 12.3 Å². The number of benzene rings is 2. The highest BCUT2D eigenvalue weighted by Gasteiger charge is 2.13. The Bertz CT molecular complexity index is 753. The van der Waals surface area contributed by atoms with E-state index in [0.717, 1.165) is 10.0 Å². The molecular weight excluding hydrogens is 332 g/mol. The van der Waals surface area contributed by atoms with Gasteiger partial charge < -0.3 is 0 Å². The van der Waals surface area contributed by atoms with Crippen molar-refractivity contribution in [1.29, 1.82) is 0 Å². The van der Waals surface area contributed by atoms with Crippen LogP contribution in [-0.4, -0.2) is 26.0 Å². The van der Waals surface area contributed by atoms with Crippen molar-refractivity contribution in [3.63, 3.8) is 0 Å². The van der Waals surface area contributed by atoms with Crippen molar-refractivity contribution in [2.45, 2.75) is 6.54 Å². The lowest BCUT2D eigenvalue weighted by Gasteiger charge is -2.04. The van der Waals surface area contributed by atoms with Gasteiger partial charge in [0, 0.05) is 15.6 Å². The third-order valence-electron chi connectivity index (χ3n) is 3.02. The third-order valence-corrected chi connectivity index (χ3v) is 3.55. The normalized spacial score (nSPS) is 10.5. The van der Waals surface area contributed by atoms with E-state index < -0.39 is 0 Å². The number of ketones is 1. The van der Waals surface area contributed by atoms with Crippen LogP contribution in [-0.2, 0) is 6.54 Å². The van der Waals surface area contributed by atoms with Crippen molar-refractivity contribution < 1.29 is 4.79 Å². The van der Waals surface area contributed by atoms with E-state index in [2.05, 4.69) is 31.5 Å². The Balaban J connectivity index is 1.85. The smallest absolute Gasteiger partial charge is 0.184 e. The van der Waals surface area contributed by atoms with E-state index in [1.54, 1.807) is 12.1 Å². The zero-order valence-electron chi connectivity index (χ0n) is 11.0. The van der Waals surface area contributed by atoms with Crippen LogP contribution in [0.5, 0.6) is 0 Å². The summed E-state index contributed by atoms with van der Waals surface area (Å²) in [7, 11) is 0. The first-order valence-electron chi connectivity index (χ1n) is 6.34. The molecule has 21 heavy (non-hydrogen) atoms. The Labute approximate surface area is 129 Å².